The Bertz CT molecular complexity index is 1610. The summed E-state index contributed by atoms with van der Waals surface area (Å²) in [5.74, 6) is -0.594. The first-order valence-electron chi connectivity index (χ1n) is 14.0. The molecule has 0 aliphatic heterocycles. The quantitative estimate of drug-likeness (QED) is 0.257. The molecule has 1 aromatic carbocycles. The highest BCUT2D eigenvalue weighted by atomic mass is 19.1. The second-order valence-electron chi connectivity index (χ2n) is 12.2. The molecule has 14 heteroatoms. The zero-order valence-corrected chi connectivity index (χ0v) is 26.1. The van der Waals surface area contributed by atoms with Crippen LogP contribution in [0.5, 0.6) is 11.6 Å². The third-order valence-electron chi connectivity index (χ3n) is 5.97. The lowest BCUT2D eigenvalue weighted by molar-refractivity contribution is -0.155. The minimum absolute atomic E-state index is 0.0332. The number of nitrogens with zero attached hydrogens (tertiary/aromatic N) is 7. The Balaban J connectivity index is 1.47. The van der Waals surface area contributed by atoms with Crippen LogP contribution < -0.4 is 10.1 Å². The number of alkyl carbamates (subject to hydrolysis) is 1. The number of aryl methyl sites for hydroxylation is 2. The topological polar surface area (TPSA) is 148 Å². The standard InChI is InChI=1S/C30H37FN8O5/c1-18-13-21(42-27-23(31)14-19(16-32-27)24-11-12-33-38(24)8)9-10-22(18)26-35-37-39(36-26)17-20(15-25(40)43-29(2,3)4)34-28(41)44-30(5,6)7/h9-14,16,20H,15,17H2,1-8H3,(H,34,41)/t20-/m0/s1. The van der Waals surface area contributed by atoms with E-state index in [1.165, 1.54) is 17.1 Å². The van der Waals surface area contributed by atoms with Gasteiger partial charge in [-0.2, -0.15) is 9.90 Å². The molecule has 3 heterocycles. The number of benzene rings is 1. The number of pyridine rings is 1. The first-order valence-corrected chi connectivity index (χ1v) is 14.0. The minimum atomic E-state index is -0.731. The van der Waals surface area contributed by atoms with Crippen LogP contribution in [0.1, 0.15) is 53.5 Å². The molecule has 4 aromatic rings. The van der Waals surface area contributed by atoms with Crippen LogP contribution in [0.25, 0.3) is 22.6 Å². The molecule has 0 aliphatic rings. The van der Waals surface area contributed by atoms with Crippen molar-refractivity contribution in [3.05, 3.63) is 54.1 Å². The van der Waals surface area contributed by atoms with Crippen molar-refractivity contribution in [3.63, 3.8) is 0 Å². The van der Waals surface area contributed by atoms with Crippen LogP contribution in [0, 0.1) is 12.7 Å². The van der Waals surface area contributed by atoms with Crippen LogP contribution in [-0.2, 0) is 27.9 Å². The number of tetrazole rings is 1. The molecule has 0 unspecified atom stereocenters. The second-order valence-corrected chi connectivity index (χ2v) is 12.2. The summed E-state index contributed by atoms with van der Waals surface area (Å²) < 4.78 is 32.9. The molecule has 1 amide bonds. The van der Waals surface area contributed by atoms with Gasteiger partial charge >= 0.3 is 12.1 Å². The smallest absolute Gasteiger partial charge is 0.407 e. The van der Waals surface area contributed by atoms with Gasteiger partial charge in [0.2, 0.25) is 5.82 Å². The average Bonchev–Trinajstić information content (AvgIpc) is 3.51. The van der Waals surface area contributed by atoms with Crippen molar-refractivity contribution in [3.8, 4) is 34.3 Å². The zero-order chi connectivity index (χ0) is 32.2. The molecular formula is C30H37FN8O5. The van der Waals surface area contributed by atoms with Gasteiger partial charge in [-0.3, -0.25) is 9.48 Å². The van der Waals surface area contributed by atoms with E-state index in [1.807, 2.05) is 6.92 Å². The molecule has 0 saturated carbocycles. The van der Waals surface area contributed by atoms with Gasteiger partial charge in [0.1, 0.15) is 17.0 Å². The normalized spacial score (nSPS) is 12.5. The van der Waals surface area contributed by atoms with Crippen LogP contribution in [0.4, 0.5) is 9.18 Å². The van der Waals surface area contributed by atoms with E-state index in [4.69, 9.17) is 14.2 Å². The molecule has 0 aliphatic carbocycles. The van der Waals surface area contributed by atoms with Crippen molar-refractivity contribution in [2.75, 3.05) is 0 Å². The van der Waals surface area contributed by atoms with Crippen LogP contribution in [0.15, 0.2) is 42.7 Å². The zero-order valence-electron chi connectivity index (χ0n) is 26.1. The number of hydrogen-bond donors (Lipinski definition) is 1. The lowest BCUT2D eigenvalue weighted by Crippen LogP contribution is -2.43. The van der Waals surface area contributed by atoms with Gasteiger partial charge < -0.3 is 19.5 Å². The number of ether oxygens (including phenoxy) is 3. The number of esters is 1. The van der Waals surface area contributed by atoms with Gasteiger partial charge in [-0.05, 0) is 89.6 Å². The van der Waals surface area contributed by atoms with Gasteiger partial charge in [-0.1, -0.05) is 0 Å². The summed E-state index contributed by atoms with van der Waals surface area (Å²) in [6.45, 7) is 12.4. The maximum atomic E-state index is 14.8. The van der Waals surface area contributed by atoms with E-state index in [0.29, 0.717) is 22.7 Å². The Morgan fingerprint density at radius 2 is 1.77 bits per heavy atom. The maximum Gasteiger partial charge on any atom is 0.407 e. The number of amides is 1. The lowest BCUT2D eigenvalue weighted by atomic mass is 10.1. The fraction of sp³-hybridized carbons (Fsp3) is 0.433. The molecule has 234 valence electrons. The molecule has 1 N–H and O–H groups in total. The first-order chi connectivity index (χ1) is 20.6. The van der Waals surface area contributed by atoms with Crippen molar-refractivity contribution < 1.29 is 28.2 Å². The molecular weight excluding hydrogens is 571 g/mol. The predicted molar refractivity (Wildman–Crippen MR) is 158 cm³/mol. The Kier molecular flexibility index (Phi) is 9.30. The lowest BCUT2D eigenvalue weighted by Gasteiger charge is -2.24. The fourth-order valence-electron chi connectivity index (χ4n) is 4.21. The Labute approximate surface area is 254 Å². The third-order valence-corrected chi connectivity index (χ3v) is 5.97. The second kappa shape index (κ2) is 12.8. The minimum Gasteiger partial charge on any atom is -0.460 e. The number of nitrogens with one attached hydrogen (secondary N) is 1. The van der Waals surface area contributed by atoms with Crippen molar-refractivity contribution in [2.45, 2.75) is 78.7 Å². The van der Waals surface area contributed by atoms with E-state index >= 15 is 0 Å². The van der Waals surface area contributed by atoms with Crippen LogP contribution in [0.2, 0.25) is 0 Å². The van der Waals surface area contributed by atoms with E-state index in [9.17, 15) is 14.0 Å². The van der Waals surface area contributed by atoms with E-state index in [1.54, 1.807) is 83.7 Å². The number of aromatic nitrogens is 7. The van der Waals surface area contributed by atoms with Gasteiger partial charge in [-0.25, -0.2) is 14.2 Å². The summed E-state index contributed by atoms with van der Waals surface area (Å²) in [6, 6.07) is 7.46. The summed E-state index contributed by atoms with van der Waals surface area (Å²) >= 11 is 0. The van der Waals surface area contributed by atoms with E-state index in [2.05, 4.69) is 30.8 Å². The van der Waals surface area contributed by atoms with Crippen molar-refractivity contribution in [2.24, 2.45) is 7.05 Å². The van der Waals surface area contributed by atoms with Gasteiger partial charge in [-0.15, -0.1) is 10.2 Å². The molecule has 0 spiro atoms. The highest BCUT2D eigenvalue weighted by Crippen LogP contribution is 2.29. The number of halogens is 1. The van der Waals surface area contributed by atoms with Crippen molar-refractivity contribution in [1.29, 1.82) is 0 Å². The molecule has 0 fully saturated rings. The summed E-state index contributed by atoms with van der Waals surface area (Å²) in [7, 11) is 1.76. The number of carbonyl (C=O) groups excluding carboxylic acids is 2. The predicted octanol–water partition coefficient (Wildman–Crippen LogP) is 5.00. The van der Waals surface area contributed by atoms with Crippen molar-refractivity contribution in [1.82, 2.24) is 40.3 Å². The largest absolute Gasteiger partial charge is 0.460 e. The number of hydrogen-bond acceptors (Lipinski definition) is 10. The molecule has 0 saturated heterocycles. The van der Waals surface area contributed by atoms with Crippen LogP contribution in [0.3, 0.4) is 0 Å². The van der Waals surface area contributed by atoms with E-state index in [-0.39, 0.29) is 18.8 Å². The average molecular weight is 609 g/mol. The molecule has 13 nitrogen and oxygen atoms in total. The molecule has 3 aromatic heterocycles. The monoisotopic (exact) mass is 608 g/mol. The van der Waals surface area contributed by atoms with Gasteiger partial charge in [0.25, 0.3) is 5.88 Å². The fourth-order valence-corrected chi connectivity index (χ4v) is 4.21. The van der Waals surface area contributed by atoms with E-state index < -0.39 is 35.1 Å². The molecule has 44 heavy (non-hydrogen) atoms. The molecule has 0 bridgehead atoms. The van der Waals surface area contributed by atoms with E-state index in [0.717, 1.165) is 11.3 Å². The van der Waals surface area contributed by atoms with Crippen LogP contribution in [-0.4, -0.2) is 64.3 Å². The third kappa shape index (κ3) is 8.82. The Morgan fingerprint density at radius 3 is 2.39 bits per heavy atom. The summed E-state index contributed by atoms with van der Waals surface area (Å²) in [5.41, 5.74) is 1.28. The van der Waals surface area contributed by atoms with Gasteiger partial charge in [0.15, 0.2) is 5.82 Å². The molecule has 4 rings (SSSR count). The SMILES string of the molecule is Cc1cc(Oc2ncc(-c3ccnn3C)cc2F)ccc1-c1nnn(C[C@H](CC(=O)OC(C)(C)C)NC(=O)OC(C)(C)C)n1. The van der Waals surface area contributed by atoms with Crippen LogP contribution >= 0.6 is 0 Å². The summed E-state index contributed by atoms with van der Waals surface area (Å²) in [6.07, 6.45) is 2.33. The molecule has 0 radical (unpaired) electrons. The van der Waals surface area contributed by atoms with Crippen molar-refractivity contribution >= 4 is 12.1 Å². The summed E-state index contributed by atoms with van der Waals surface area (Å²) in [4.78, 5) is 30.4. The first kappa shape index (κ1) is 32.0. The Morgan fingerprint density at radius 1 is 1.05 bits per heavy atom. The highest BCUT2D eigenvalue weighted by molar-refractivity contribution is 5.73. The maximum absolute atomic E-state index is 14.8. The summed E-state index contributed by atoms with van der Waals surface area (Å²) in [5, 5.41) is 19.5. The highest BCUT2D eigenvalue weighted by Gasteiger charge is 2.26. The van der Waals surface area contributed by atoms with Gasteiger partial charge in [0, 0.05) is 30.6 Å². The number of rotatable bonds is 9. The Hall–Kier alpha value is -4.88. The number of carbonyl (C=O) groups is 2. The van der Waals surface area contributed by atoms with Gasteiger partial charge in [0.05, 0.1) is 24.7 Å². The molecule has 1 atom stereocenters.